The Hall–Kier alpha value is -1.14. The lowest BCUT2D eigenvalue weighted by atomic mass is 10.2. The Morgan fingerprint density at radius 2 is 2.47 bits per heavy atom. The van der Waals surface area contributed by atoms with Crippen LogP contribution in [0.25, 0.3) is 0 Å². The summed E-state index contributed by atoms with van der Waals surface area (Å²) in [4.78, 5) is 17.8. The van der Waals surface area contributed by atoms with Crippen LogP contribution in [-0.2, 0) is 14.3 Å². The predicted molar refractivity (Wildman–Crippen MR) is 75.3 cm³/mol. The Morgan fingerprint density at radius 1 is 1.68 bits per heavy atom. The average molecular weight is 329 g/mol. The standard InChI is InChI=1S/C13H17BrN2O3/c1-9-5-12(15-7-11(9)14)16-3-4-19-10(8-16)6-13(17)18-2/h5,7,10H,3-4,6,8H2,1-2H3/t10-/m1/s1. The molecular weight excluding hydrogens is 312 g/mol. The highest BCUT2D eigenvalue weighted by atomic mass is 79.9. The largest absolute Gasteiger partial charge is 0.469 e. The van der Waals surface area contributed by atoms with Gasteiger partial charge in [0.1, 0.15) is 5.82 Å². The van der Waals surface area contributed by atoms with Crippen LogP contribution in [0.1, 0.15) is 12.0 Å². The van der Waals surface area contributed by atoms with Crippen molar-refractivity contribution in [3.05, 3.63) is 22.3 Å². The summed E-state index contributed by atoms with van der Waals surface area (Å²) in [6.45, 7) is 4.06. The van der Waals surface area contributed by atoms with E-state index in [-0.39, 0.29) is 18.5 Å². The van der Waals surface area contributed by atoms with E-state index in [1.54, 1.807) is 6.20 Å². The van der Waals surface area contributed by atoms with Crippen LogP contribution in [0.3, 0.4) is 0 Å². The zero-order chi connectivity index (χ0) is 13.8. The van der Waals surface area contributed by atoms with Crippen LogP contribution in [0.2, 0.25) is 0 Å². The van der Waals surface area contributed by atoms with Gasteiger partial charge < -0.3 is 14.4 Å². The topological polar surface area (TPSA) is 51.7 Å². The molecule has 0 unspecified atom stereocenters. The molecule has 0 amide bonds. The van der Waals surface area contributed by atoms with E-state index in [4.69, 9.17) is 4.74 Å². The van der Waals surface area contributed by atoms with Gasteiger partial charge in [-0.2, -0.15) is 0 Å². The zero-order valence-electron chi connectivity index (χ0n) is 11.1. The fourth-order valence-electron chi connectivity index (χ4n) is 2.02. The number of rotatable bonds is 3. The molecule has 19 heavy (non-hydrogen) atoms. The van der Waals surface area contributed by atoms with E-state index in [1.807, 2.05) is 13.0 Å². The SMILES string of the molecule is COC(=O)C[C@@H]1CN(c2cc(C)c(Br)cn2)CCO1. The second-order valence-corrected chi connectivity index (χ2v) is 5.37. The first-order valence-corrected chi connectivity index (χ1v) is 6.95. The van der Waals surface area contributed by atoms with E-state index in [9.17, 15) is 4.79 Å². The lowest BCUT2D eigenvalue weighted by molar-refractivity contribution is -0.144. The summed E-state index contributed by atoms with van der Waals surface area (Å²) in [5.41, 5.74) is 1.14. The number of pyridine rings is 1. The molecule has 0 saturated carbocycles. The van der Waals surface area contributed by atoms with Gasteiger partial charge >= 0.3 is 5.97 Å². The number of ether oxygens (including phenoxy) is 2. The van der Waals surface area contributed by atoms with Gasteiger partial charge in [0.05, 0.1) is 26.2 Å². The van der Waals surface area contributed by atoms with E-state index in [2.05, 4.69) is 30.6 Å². The molecule has 1 fully saturated rings. The van der Waals surface area contributed by atoms with Crippen molar-refractivity contribution >= 4 is 27.7 Å². The third kappa shape index (κ3) is 3.67. The van der Waals surface area contributed by atoms with Crippen LogP contribution in [0.5, 0.6) is 0 Å². The predicted octanol–water partition coefficient (Wildman–Crippen LogP) is 1.92. The highest BCUT2D eigenvalue weighted by molar-refractivity contribution is 9.10. The lowest BCUT2D eigenvalue weighted by Gasteiger charge is -2.33. The number of halogens is 1. The Kier molecular flexibility index (Phi) is 4.76. The molecule has 1 aliphatic heterocycles. The maximum Gasteiger partial charge on any atom is 0.308 e. The molecule has 0 aromatic carbocycles. The van der Waals surface area contributed by atoms with Gasteiger partial charge in [-0.25, -0.2) is 4.98 Å². The van der Waals surface area contributed by atoms with Gasteiger partial charge in [-0.05, 0) is 34.5 Å². The summed E-state index contributed by atoms with van der Waals surface area (Å²) >= 11 is 3.44. The number of hydrogen-bond donors (Lipinski definition) is 0. The minimum absolute atomic E-state index is 0.132. The van der Waals surface area contributed by atoms with E-state index in [0.29, 0.717) is 13.2 Å². The van der Waals surface area contributed by atoms with E-state index in [0.717, 1.165) is 22.4 Å². The summed E-state index contributed by atoms with van der Waals surface area (Å²) in [6.07, 6.45) is 1.95. The van der Waals surface area contributed by atoms with Crippen LogP contribution in [0.15, 0.2) is 16.7 Å². The Morgan fingerprint density at radius 3 is 3.16 bits per heavy atom. The number of carbonyl (C=O) groups excluding carboxylic acids is 1. The van der Waals surface area contributed by atoms with E-state index in [1.165, 1.54) is 7.11 Å². The molecule has 1 saturated heterocycles. The first-order chi connectivity index (χ1) is 9.10. The Labute approximate surface area is 121 Å². The van der Waals surface area contributed by atoms with Gasteiger partial charge in [-0.3, -0.25) is 4.79 Å². The molecule has 1 atom stereocenters. The minimum Gasteiger partial charge on any atom is -0.469 e. The highest BCUT2D eigenvalue weighted by Crippen LogP contribution is 2.22. The maximum absolute atomic E-state index is 11.3. The second kappa shape index (κ2) is 6.34. The molecule has 104 valence electrons. The van der Waals surface area contributed by atoms with Crippen molar-refractivity contribution in [3.63, 3.8) is 0 Å². The van der Waals surface area contributed by atoms with Gasteiger partial charge in [-0.15, -0.1) is 0 Å². The summed E-state index contributed by atoms with van der Waals surface area (Å²) in [6, 6.07) is 2.03. The Balaban J connectivity index is 2.04. The number of methoxy groups -OCH3 is 1. The normalized spacial score (nSPS) is 19.3. The maximum atomic E-state index is 11.3. The fraction of sp³-hybridized carbons (Fsp3) is 0.538. The van der Waals surface area contributed by atoms with Crippen LogP contribution >= 0.6 is 15.9 Å². The van der Waals surface area contributed by atoms with Crippen molar-refractivity contribution < 1.29 is 14.3 Å². The molecule has 5 nitrogen and oxygen atoms in total. The van der Waals surface area contributed by atoms with Crippen molar-refractivity contribution in [1.29, 1.82) is 0 Å². The first-order valence-electron chi connectivity index (χ1n) is 6.15. The van der Waals surface area contributed by atoms with Crippen molar-refractivity contribution in [3.8, 4) is 0 Å². The lowest BCUT2D eigenvalue weighted by Crippen LogP contribution is -2.43. The van der Waals surface area contributed by atoms with E-state index >= 15 is 0 Å². The monoisotopic (exact) mass is 328 g/mol. The number of hydrogen-bond acceptors (Lipinski definition) is 5. The minimum atomic E-state index is -0.244. The summed E-state index contributed by atoms with van der Waals surface area (Å²) in [5, 5.41) is 0. The van der Waals surface area contributed by atoms with Crippen LogP contribution in [0.4, 0.5) is 5.82 Å². The van der Waals surface area contributed by atoms with Gasteiger partial charge in [-0.1, -0.05) is 0 Å². The number of aromatic nitrogens is 1. The molecule has 0 radical (unpaired) electrons. The molecule has 0 N–H and O–H groups in total. The summed E-state index contributed by atoms with van der Waals surface area (Å²) in [5.74, 6) is 0.672. The molecule has 1 aromatic rings. The molecule has 0 spiro atoms. The molecule has 0 aliphatic carbocycles. The number of anilines is 1. The summed E-state index contributed by atoms with van der Waals surface area (Å²) in [7, 11) is 1.39. The smallest absolute Gasteiger partial charge is 0.308 e. The number of carbonyl (C=O) groups is 1. The number of morpholine rings is 1. The van der Waals surface area contributed by atoms with Gasteiger partial charge in [0.2, 0.25) is 0 Å². The molecule has 0 bridgehead atoms. The van der Waals surface area contributed by atoms with E-state index < -0.39 is 0 Å². The quantitative estimate of drug-likeness (QED) is 0.793. The number of esters is 1. The third-order valence-electron chi connectivity index (χ3n) is 3.12. The van der Waals surface area contributed by atoms with Gasteiger partial charge in [0.15, 0.2) is 0 Å². The molecule has 2 rings (SSSR count). The van der Waals surface area contributed by atoms with Crippen LogP contribution in [0, 0.1) is 6.92 Å². The molecule has 1 aliphatic rings. The zero-order valence-corrected chi connectivity index (χ0v) is 12.6. The van der Waals surface area contributed by atoms with Gasteiger partial charge in [0, 0.05) is 23.8 Å². The third-order valence-corrected chi connectivity index (χ3v) is 3.95. The Bertz CT molecular complexity index is 467. The first kappa shape index (κ1) is 14.3. The summed E-state index contributed by atoms with van der Waals surface area (Å²) < 4.78 is 11.2. The molecular formula is C13H17BrN2O3. The van der Waals surface area contributed by atoms with Crippen LogP contribution in [-0.4, -0.2) is 43.9 Å². The van der Waals surface area contributed by atoms with Crippen molar-refractivity contribution in [2.24, 2.45) is 0 Å². The average Bonchev–Trinajstić information content (AvgIpc) is 2.42. The highest BCUT2D eigenvalue weighted by Gasteiger charge is 2.24. The molecule has 2 heterocycles. The van der Waals surface area contributed by atoms with Crippen molar-refractivity contribution in [1.82, 2.24) is 4.98 Å². The molecule has 6 heteroatoms. The van der Waals surface area contributed by atoms with Crippen molar-refractivity contribution in [2.75, 3.05) is 31.7 Å². The number of nitrogens with zero attached hydrogens (tertiary/aromatic N) is 2. The van der Waals surface area contributed by atoms with Crippen LogP contribution < -0.4 is 4.90 Å². The second-order valence-electron chi connectivity index (χ2n) is 4.51. The fourth-order valence-corrected chi connectivity index (χ4v) is 2.23. The number of aryl methyl sites for hydroxylation is 1. The van der Waals surface area contributed by atoms with Crippen molar-refractivity contribution in [2.45, 2.75) is 19.4 Å². The molecule has 1 aromatic heterocycles. The van der Waals surface area contributed by atoms with Gasteiger partial charge in [0.25, 0.3) is 0 Å².